The molecule has 1 radical (unpaired) electrons. The number of nitrogens with zero attached hydrogens (tertiary/aromatic N) is 1. The Bertz CT molecular complexity index is 338. The Morgan fingerprint density at radius 3 is 2.53 bits per heavy atom. The number of hydrogen-bond acceptors (Lipinski definition) is 2. The number of para-hydroxylation sites is 1. The molecule has 0 aromatic heterocycles. The molecule has 0 unspecified atom stereocenters. The fraction of sp³-hybridized carbons (Fsp3) is 0.182. The molecular formula is C11H11NO2Y-2. The molecular weight excluding hydrogens is 267 g/mol. The monoisotopic (exact) mass is 278 g/mol. The second kappa shape index (κ2) is 6.75. The number of ketones is 1. The van der Waals surface area contributed by atoms with Gasteiger partial charge in [0.1, 0.15) is 5.78 Å². The van der Waals surface area contributed by atoms with Gasteiger partial charge in [-0.3, -0.25) is 4.79 Å². The minimum absolute atomic E-state index is 0. The summed E-state index contributed by atoms with van der Waals surface area (Å²) in [6.07, 6.45) is 0. The topological polar surface area (TPSA) is 37.4 Å². The summed E-state index contributed by atoms with van der Waals surface area (Å²) >= 11 is 0. The third kappa shape index (κ3) is 4.58. The van der Waals surface area contributed by atoms with Crippen LogP contribution in [0.3, 0.4) is 0 Å². The van der Waals surface area contributed by atoms with Gasteiger partial charge < -0.3 is 16.6 Å². The van der Waals surface area contributed by atoms with E-state index in [1.54, 1.807) is 24.3 Å². The number of hydrogen-bond donors (Lipinski definition) is 0. The Morgan fingerprint density at radius 1 is 1.47 bits per heavy atom. The minimum atomic E-state index is -0.400. The summed E-state index contributed by atoms with van der Waals surface area (Å²) in [4.78, 5) is 23.3. The number of amides is 1. The van der Waals surface area contributed by atoms with Gasteiger partial charge in [0.15, 0.2) is 0 Å². The molecule has 0 heterocycles. The van der Waals surface area contributed by atoms with Crippen LogP contribution in [0.25, 0.3) is 0 Å². The number of Topliss-reactive ketones (excluding diaryl/α,β-unsaturated/α-hetero) is 1. The van der Waals surface area contributed by atoms with Crippen LogP contribution in [0, 0.1) is 13.0 Å². The van der Waals surface area contributed by atoms with Crippen LogP contribution in [0.1, 0.15) is 6.92 Å². The van der Waals surface area contributed by atoms with E-state index < -0.39 is 5.91 Å². The van der Waals surface area contributed by atoms with E-state index in [0.717, 1.165) is 0 Å². The predicted octanol–water partition coefficient (Wildman–Crippen LogP) is 1.24. The third-order valence-corrected chi connectivity index (χ3v) is 1.67. The smallest absolute Gasteiger partial charge is 0.149 e. The second-order valence-corrected chi connectivity index (χ2v) is 2.93. The molecule has 15 heavy (non-hydrogen) atoms. The van der Waals surface area contributed by atoms with Crippen LogP contribution < -0.4 is 4.90 Å². The van der Waals surface area contributed by atoms with Crippen LogP contribution in [0.5, 0.6) is 0 Å². The van der Waals surface area contributed by atoms with E-state index in [-0.39, 0.29) is 45.0 Å². The van der Waals surface area contributed by atoms with Gasteiger partial charge in [0.2, 0.25) is 0 Å². The molecule has 1 aromatic rings. The zero-order valence-corrected chi connectivity index (χ0v) is 11.4. The third-order valence-electron chi connectivity index (χ3n) is 1.67. The quantitative estimate of drug-likeness (QED) is 0.780. The fourth-order valence-corrected chi connectivity index (χ4v) is 1.08. The van der Waals surface area contributed by atoms with Crippen molar-refractivity contribution < 1.29 is 42.3 Å². The molecule has 0 spiro atoms. The molecule has 0 saturated heterocycles. The number of anilines is 1. The molecule has 0 bridgehead atoms. The van der Waals surface area contributed by atoms with Crippen molar-refractivity contribution in [2.24, 2.45) is 0 Å². The number of carbonyl (C=O) groups excluding carboxylic acids is 2. The molecule has 0 N–H and O–H groups in total. The maximum absolute atomic E-state index is 11.1. The van der Waals surface area contributed by atoms with Crippen molar-refractivity contribution in [2.45, 2.75) is 6.92 Å². The first kappa shape index (κ1) is 14.3. The normalized spacial score (nSPS) is 8.87. The van der Waals surface area contributed by atoms with Crippen LogP contribution in [-0.2, 0) is 42.3 Å². The van der Waals surface area contributed by atoms with Gasteiger partial charge in [-0.1, -0.05) is 5.69 Å². The van der Waals surface area contributed by atoms with Gasteiger partial charge in [0, 0.05) is 32.7 Å². The molecule has 1 rings (SSSR count). The summed E-state index contributed by atoms with van der Waals surface area (Å²) in [7, 11) is 0. The van der Waals surface area contributed by atoms with Gasteiger partial charge in [0.25, 0.3) is 0 Å². The molecule has 0 fully saturated rings. The molecule has 0 aliphatic rings. The molecule has 1 amide bonds. The Kier molecular flexibility index (Phi) is 6.45. The Morgan fingerprint density at radius 2 is 2.13 bits per heavy atom. The van der Waals surface area contributed by atoms with Crippen molar-refractivity contribution >= 4 is 17.4 Å². The van der Waals surface area contributed by atoms with E-state index in [1.807, 2.05) is 0 Å². The predicted molar refractivity (Wildman–Crippen MR) is 53.7 cm³/mol. The van der Waals surface area contributed by atoms with E-state index in [1.165, 1.54) is 11.8 Å². The maximum Gasteiger partial charge on any atom is 0.149 e. The van der Waals surface area contributed by atoms with Gasteiger partial charge in [-0.2, -0.15) is 24.3 Å². The standard InChI is InChI=1S/C11H11NO2.Y/c1-9(13)8-12(10(2)14)11-6-4-3-5-7-11;/h3-6H,2,8H2,1H3;/q-2;. The zero-order chi connectivity index (χ0) is 10.6. The Balaban J connectivity index is 0.00000196. The van der Waals surface area contributed by atoms with E-state index in [0.29, 0.717) is 5.69 Å². The SMILES string of the molecule is [CH2-]C(=O)N(CC(C)=O)c1[c-]cccc1.[Y]. The van der Waals surface area contributed by atoms with Crippen LogP contribution in [-0.4, -0.2) is 18.2 Å². The van der Waals surface area contributed by atoms with E-state index >= 15 is 0 Å². The number of benzene rings is 1. The Hall–Kier alpha value is -0.666. The average molecular weight is 278 g/mol. The summed E-state index contributed by atoms with van der Waals surface area (Å²) < 4.78 is 0. The van der Waals surface area contributed by atoms with Crippen LogP contribution in [0.2, 0.25) is 0 Å². The molecule has 4 heteroatoms. The Labute approximate surface area is 115 Å². The van der Waals surface area contributed by atoms with Crippen molar-refractivity contribution in [3.8, 4) is 0 Å². The van der Waals surface area contributed by atoms with Crippen LogP contribution in [0.4, 0.5) is 5.69 Å². The van der Waals surface area contributed by atoms with Gasteiger partial charge in [-0.05, 0) is 6.92 Å². The second-order valence-electron chi connectivity index (χ2n) is 2.93. The maximum atomic E-state index is 11.1. The van der Waals surface area contributed by atoms with E-state index in [2.05, 4.69) is 13.0 Å². The van der Waals surface area contributed by atoms with Gasteiger partial charge in [-0.25, -0.2) is 0 Å². The van der Waals surface area contributed by atoms with E-state index in [4.69, 9.17) is 0 Å². The summed E-state index contributed by atoms with van der Waals surface area (Å²) in [5.74, 6) is -0.484. The van der Waals surface area contributed by atoms with Crippen molar-refractivity contribution in [3.63, 3.8) is 0 Å². The summed E-state index contributed by atoms with van der Waals surface area (Å²) in [5.41, 5.74) is 0.572. The van der Waals surface area contributed by atoms with Gasteiger partial charge >= 0.3 is 0 Å². The van der Waals surface area contributed by atoms with Crippen molar-refractivity contribution in [3.05, 3.63) is 37.3 Å². The van der Waals surface area contributed by atoms with Crippen molar-refractivity contribution in [2.75, 3.05) is 11.4 Å². The summed E-state index contributed by atoms with van der Waals surface area (Å²) in [5, 5.41) is 0. The first-order valence-corrected chi connectivity index (χ1v) is 4.21. The minimum Gasteiger partial charge on any atom is -0.354 e. The number of carbonyl (C=O) groups is 2. The molecule has 0 aliphatic carbocycles. The molecule has 0 atom stereocenters. The van der Waals surface area contributed by atoms with Crippen LogP contribution >= 0.6 is 0 Å². The van der Waals surface area contributed by atoms with Crippen LogP contribution in [0.15, 0.2) is 24.3 Å². The summed E-state index contributed by atoms with van der Waals surface area (Å²) in [6, 6.07) is 9.84. The molecule has 3 nitrogen and oxygen atoms in total. The molecule has 0 saturated carbocycles. The van der Waals surface area contributed by atoms with E-state index in [9.17, 15) is 9.59 Å². The van der Waals surface area contributed by atoms with Gasteiger partial charge in [-0.15, -0.1) is 6.07 Å². The zero-order valence-electron chi connectivity index (χ0n) is 8.56. The average Bonchev–Trinajstić information content (AvgIpc) is 2.15. The largest absolute Gasteiger partial charge is 0.354 e. The van der Waals surface area contributed by atoms with Crippen molar-refractivity contribution in [1.29, 1.82) is 0 Å². The molecule has 77 valence electrons. The first-order valence-electron chi connectivity index (χ1n) is 4.21. The van der Waals surface area contributed by atoms with Gasteiger partial charge in [0.05, 0.1) is 12.5 Å². The molecule has 0 aliphatic heterocycles. The summed E-state index contributed by atoms with van der Waals surface area (Å²) in [6.45, 7) is 4.76. The number of rotatable bonds is 3. The fourth-order valence-electron chi connectivity index (χ4n) is 1.08. The van der Waals surface area contributed by atoms with Crippen molar-refractivity contribution in [1.82, 2.24) is 0 Å². The first-order chi connectivity index (χ1) is 6.61. The molecule has 1 aromatic carbocycles.